The molecule has 0 fully saturated rings. The summed E-state index contributed by atoms with van der Waals surface area (Å²) in [5, 5.41) is 4.91. The minimum absolute atomic E-state index is 0.611. The Hall–Kier alpha value is -7.99. The van der Waals surface area contributed by atoms with Crippen LogP contribution >= 0.6 is 11.3 Å². The zero-order valence-electron chi connectivity index (χ0n) is 33.5. The molecule has 0 aliphatic carbocycles. The molecule has 4 nitrogen and oxygen atoms in total. The lowest BCUT2D eigenvalue weighted by Gasteiger charge is -2.15. The van der Waals surface area contributed by atoms with Gasteiger partial charge in [-0.2, -0.15) is 0 Å². The van der Waals surface area contributed by atoms with Crippen LogP contribution in [0.15, 0.2) is 218 Å². The van der Waals surface area contributed by atoms with Crippen LogP contribution in [0.5, 0.6) is 0 Å². The van der Waals surface area contributed by atoms with Gasteiger partial charge >= 0.3 is 0 Å². The van der Waals surface area contributed by atoms with Crippen LogP contribution in [0.4, 0.5) is 0 Å². The van der Waals surface area contributed by atoms with E-state index in [1.54, 1.807) is 0 Å². The van der Waals surface area contributed by atoms with Crippen LogP contribution in [-0.4, -0.2) is 19.5 Å². The Labute approximate surface area is 362 Å². The lowest BCUT2D eigenvalue weighted by atomic mass is 9.99. The SMILES string of the molecule is c1ccc(-c2ccc3c4ccc(-c5ccccc5)cc4n(-c4cc(-c5nc(-c6ccccc6)nc(-c6ccccc6)n5)cc(-c5cccc6c5sc5ccccc56)c4)c3c2)cc1. The Kier molecular flexibility index (Phi) is 8.65. The third-order valence-electron chi connectivity index (χ3n) is 11.8. The highest BCUT2D eigenvalue weighted by atomic mass is 32.1. The molecule has 0 spiro atoms. The molecule has 0 saturated heterocycles. The molecule has 0 N–H and O–H groups in total. The number of nitrogens with zero attached hydrogens (tertiary/aromatic N) is 4. The van der Waals surface area contributed by atoms with E-state index in [1.807, 2.05) is 47.7 Å². The maximum absolute atomic E-state index is 5.26. The molecule has 62 heavy (non-hydrogen) atoms. The van der Waals surface area contributed by atoms with Crippen molar-refractivity contribution in [2.75, 3.05) is 0 Å². The van der Waals surface area contributed by atoms with Gasteiger partial charge < -0.3 is 4.57 Å². The second-order valence-electron chi connectivity index (χ2n) is 15.6. The summed E-state index contributed by atoms with van der Waals surface area (Å²) in [6.07, 6.45) is 0. The molecule has 0 unspecified atom stereocenters. The Morgan fingerprint density at radius 2 is 0.774 bits per heavy atom. The fourth-order valence-electron chi connectivity index (χ4n) is 8.85. The van der Waals surface area contributed by atoms with Gasteiger partial charge in [0, 0.05) is 53.3 Å². The first-order valence-corrected chi connectivity index (χ1v) is 21.7. The summed E-state index contributed by atoms with van der Waals surface area (Å²) in [5.41, 5.74) is 13.0. The lowest BCUT2D eigenvalue weighted by Crippen LogP contribution is -2.02. The molecular formula is C57H36N4S. The lowest BCUT2D eigenvalue weighted by molar-refractivity contribution is 1.07. The molecule has 0 amide bonds. The largest absolute Gasteiger partial charge is 0.309 e. The van der Waals surface area contributed by atoms with Crippen molar-refractivity contribution in [1.82, 2.24) is 19.5 Å². The molecule has 0 bridgehead atoms. The molecule has 0 aliphatic rings. The van der Waals surface area contributed by atoms with Crippen LogP contribution in [0.2, 0.25) is 0 Å². The van der Waals surface area contributed by atoms with E-state index in [0.717, 1.165) is 50.1 Å². The molecular weight excluding hydrogens is 773 g/mol. The number of hydrogen-bond acceptors (Lipinski definition) is 4. The van der Waals surface area contributed by atoms with Crippen LogP contribution in [0.3, 0.4) is 0 Å². The van der Waals surface area contributed by atoms with Crippen molar-refractivity contribution in [3.63, 3.8) is 0 Å². The minimum atomic E-state index is 0.611. The second kappa shape index (κ2) is 14.9. The minimum Gasteiger partial charge on any atom is -0.309 e. The fourth-order valence-corrected chi connectivity index (χ4v) is 10.1. The standard InChI is InChI=1S/C57H36N4S/c1-5-16-37(17-6-1)41-28-30-47-48-31-29-42(38-18-7-2-8-19-38)36-52(48)61(51(47)35-41)45-33-43(46-25-15-26-50-49-24-13-14-27-53(49)62-54(46)50)32-44(34-45)57-59-55(39-20-9-3-10-21-39)58-56(60-57)40-22-11-4-12-23-40/h1-36H. The first-order chi connectivity index (χ1) is 30.7. The van der Waals surface area contributed by atoms with Gasteiger partial charge in [0.1, 0.15) is 0 Å². The predicted molar refractivity (Wildman–Crippen MR) is 260 cm³/mol. The van der Waals surface area contributed by atoms with Crippen molar-refractivity contribution >= 4 is 53.3 Å². The van der Waals surface area contributed by atoms with Gasteiger partial charge in [0.25, 0.3) is 0 Å². The normalized spacial score (nSPS) is 11.5. The molecule has 3 heterocycles. The van der Waals surface area contributed by atoms with E-state index in [4.69, 9.17) is 15.0 Å². The van der Waals surface area contributed by atoms with Crippen LogP contribution in [0.25, 0.3) is 115 Å². The van der Waals surface area contributed by atoms with E-state index in [1.165, 1.54) is 47.6 Å². The average molecular weight is 809 g/mol. The van der Waals surface area contributed by atoms with Gasteiger partial charge in [0.2, 0.25) is 0 Å². The summed E-state index contributed by atoms with van der Waals surface area (Å²) >= 11 is 1.84. The highest BCUT2D eigenvalue weighted by molar-refractivity contribution is 7.26. The molecule has 0 radical (unpaired) electrons. The van der Waals surface area contributed by atoms with E-state index >= 15 is 0 Å². The molecule has 290 valence electrons. The van der Waals surface area contributed by atoms with Gasteiger partial charge in [-0.05, 0) is 69.8 Å². The van der Waals surface area contributed by atoms with Gasteiger partial charge in [0.15, 0.2) is 17.5 Å². The fraction of sp³-hybridized carbons (Fsp3) is 0. The van der Waals surface area contributed by atoms with E-state index in [9.17, 15) is 0 Å². The van der Waals surface area contributed by atoms with Gasteiger partial charge in [-0.1, -0.05) is 182 Å². The third-order valence-corrected chi connectivity index (χ3v) is 13.1. The molecule has 5 heteroatoms. The first-order valence-electron chi connectivity index (χ1n) is 20.8. The van der Waals surface area contributed by atoms with Crippen molar-refractivity contribution in [3.05, 3.63) is 218 Å². The summed E-state index contributed by atoms with van der Waals surface area (Å²) in [4.78, 5) is 15.6. The quantitative estimate of drug-likeness (QED) is 0.161. The van der Waals surface area contributed by atoms with Crippen molar-refractivity contribution in [2.24, 2.45) is 0 Å². The van der Waals surface area contributed by atoms with Gasteiger partial charge in [-0.15, -0.1) is 11.3 Å². The van der Waals surface area contributed by atoms with Crippen LogP contribution in [0, 0.1) is 0 Å². The van der Waals surface area contributed by atoms with E-state index in [2.05, 4.69) is 187 Å². The van der Waals surface area contributed by atoms with Crippen LogP contribution in [-0.2, 0) is 0 Å². The maximum atomic E-state index is 5.26. The van der Waals surface area contributed by atoms with Crippen molar-refractivity contribution in [3.8, 4) is 73.2 Å². The van der Waals surface area contributed by atoms with Crippen LogP contribution in [0.1, 0.15) is 0 Å². The van der Waals surface area contributed by atoms with Gasteiger partial charge in [-0.25, -0.2) is 15.0 Å². The van der Waals surface area contributed by atoms with Crippen molar-refractivity contribution < 1.29 is 0 Å². The van der Waals surface area contributed by atoms with Gasteiger partial charge in [0.05, 0.1) is 11.0 Å². The van der Waals surface area contributed by atoms with Crippen molar-refractivity contribution in [1.29, 1.82) is 0 Å². The first kappa shape index (κ1) is 35.9. The number of fused-ring (bicyclic) bond motifs is 6. The molecule has 12 aromatic rings. The Bertz CT molecular complexity index is 3460. The number of hydrogen-bond donors (Lipinski definition) is 0. The zero-order valence-corrected chi connectivity index (χ0v) is 34.3. The molecule has 3 aromatic heterocycles. The molecule has 12 rings (SSSR count). The Morgan fingerprint density at radius 1 is 0.306 bits per heavy atom. The molecule has 0 saturated carbocycles. The summed E-state index contributed by atoms with van der Waals surface area (Å²) in [6.45, 7) is 0. The second-order valence-corrected chi connectivity index (χ2v) is 16.7. The van der Waals surface area contributed by atoms with E-state index in [-0.39, 0.29) is 0 Å². The third kappa shape index (κ3) is 6.26. The Balaban J connectivity index is 1.18. The summed E-state index contributed by atoms with van der Waals surface area (Å²) in [6, 6.07) is 77.7. The molecule has 9 aromatic carbocycles. The highest BCUT2D eigenvalue weighted by Crippen LogP contribution is 2.43. The predicted octanol–water partition coefficient (Wildman–Crippen LogP) is 15.3. The number of thiophene rings is 1. The Morgan fingerprint density at radius 3 is 1.34 bits per heavy atom. The van der Waals surface area contributed by atoms with Gasteiger partial charge in [-0.3, -0.25) is 0 Å². The van der Waals surface area contributed by atoms with Crippen molar-refractivity contribution in [2.45, 2.75) is 0 Å². The zero-order chi connectivity index (χ0) is 41.0. The maximum Gasteiger partial charge on any atom is 0.164 e. The van der Waals surface area contributed by atoms with Crippen LogP contribution < -0.4 is 0 Å². The topological polar surface area (TPSA) is 43.6 Å². The summed E-state index contributed by atoms with van der Waals surface area (Å²) in [7, 11) is 0. The van der Waals surface area contributed by atoms with E-state index < -0.39 is 0 Å². The number of benzene rings is 9. The number of rotatable bonds is 7. The monoisotopic (exact) mass is 808 g/mol. The van der Waals surface area contributed by atoms with E-state index in [0.29, 0.717) is 17.5 Å². The highest BCUT2D eigenvalue weighted by Gasteiger charge is 2.20. The summed E-state index contributed by atoms with van der Waals surface area (Å²) in [5.74, 6) is 1.87. The summed E-state index contributed by atoms with van der Waals surface area (Å²) < 4.78 is 4.97. The average Bonchev–Trinajstić information content (AvgIpc) is 3.90. The number of aromatic nitrogens is 4. The smallest absolute Gasteiger partial charge is 0.164 e. The molecule has 0 atom stereocenters. The molecule has 0 aliphatic heterocycles.